The summed E-state index contributed by atoms with van der Waals surface area (Å²) in [7, 11) is -0.637. The molecule has 2 heterocycles. The molecule has 4 rings (SSSR count). The number of nitriles is 1. The first-order valence-corrected chi connectivity index (χ1v) is 9.69. The molecule has 1 fully saturated rings. The van der Waals surface area contributed by atoms with Gasteiger partial charge in [-0.3, -0.25) is 4.21 Å². The smallest absolute Gasteiger partial charge is 0.0998 e. The first-order valence-electron chi connectivity index (χ1n) is 8.42. The maximum Gasteiger partial charge on any atom is 0.0998 e. The van der Waals surface area contributed by atoms with Gasteiger partial charge in [-0.1, -0.05) is 54.1 Å². The van der Waals surface area contributed by atoms with E-state index in [0.29, 0.717) is 16.1 Å². The summed E-state index contributed by atoms with van der Waals surface area (Å²) < 4.78 is 12.1. The highest BCUT2D eigenvalue weighted by Gasteiger charge is 2.35. The molecule has 2 nitrogen and oxygen atoms in total. The van der Waals surface area contributed by atoms with Gasteiger partial charge in [-0.05, 0) is 48.4 Å². The molecule has 0 amide bonds. The van der Waals surface area contributed by atoms with Gasteiger partial charge in [-0.25, -0.2) is 0 Å². The average molecular weight is 333 g/mol. The molecule has 0 spiro atoms. The predicted octanol–water partition coefficient (Wildman–Crippen LogP) is 4.38. The molecule has 2 aliphatic rings. The van der Waals surface area contributed by atoms with E-state index in [0.717, 1.165) is 36.8 Å². The number of rotatable bonds is 3. The van der Waals surface area contributed by atoms with Crippen molar-refractivity contribution in [3.05, 3.63) is 71.3 Å². The molecule has 24 heavy (non-hydrogen) atoms. The summed E-state index contributed by atoms with van der Waals surface area (Å²) in [5, 5.41) is 9.92. The Morgan fingerprint density at radius 2 is 1.88 bits per heavy atom. The van der Waals surface area contributed by atoms with E-state index in [1.54, 1.807) is 0 Å². The van der Waals surface area contributed by atoms with Gasteiger partial charge in [0.05, 0.1) is 16.9 Å². The minimum atomic E-state index is -0.637. The van der Waals surface area contributed by atoms with E-state index < -0.39 is 10.8 Å². The summed E-state index contributed by atoms with van der Waals surface area (Å²) in [4.78, 5) is 0. The second-order valence-corrected chi connectivity index (χ2v) is 8.56. The van der Waals surface area contributed by atoms with Crippen molar-refractivity contribution in [3.8, 4) is 17.2 Å². The number of allylic oxidation sites excluding steroid dienone is 1. The van der Waals surface area contributed by atoms with Crippen LogP contribution in [-0.2, 0) is 17.2 Å². The highest BCUT2D eigenvalue weighted by Crippen LogP contribution is 2.36. The van der Waals surface area contributed by atoms with E-state index >= 15 is 0 Å². The molecule has 3 atom stereocenters. The van der Waals surface area contributed by atoms with Gasteiger partial charge in [0.1, 0.15) is 0 Å². The van der Waals surface area contributed by atoms with E-state index in [4.69, 9.17) is 0 Å². The summed E-state index contributed by atoms with van der Waals surface area (Å²) in [6, 6.07) is 18.5. The van der Waals surface area contributed by atoms with E-state index in [2.05, 4.69) is 36.4 Å². The summed E-state index contributed by atoms with van der Waals surface area (Å²) in [5.41, 5.74) is 5.49. The van der Waals surface area contributed by atoms with Gasteiger partial charge >= 0.3 is 0 Å². The Morgan fingerprint density at radius 1 is 1.08 bits per heavy atom. The Morgan fingerprint density at radius 3 is 2.62 bits per heavy atom. The lowest BCUT2D eigenvalue weighted by Crippen LogP contribution is -2.20. The molecule has 0 aliphatic carbocycles. The van der Waals surface area contributed by atoms with Crippen LogP contribution in [0.25, 0.3) is 11.1 Å². The van der Waals surface area contributed by atoms with Crippen molar-refractivity contribution < 1.29 is 4.21 Å². The molecule has 1 saturated heterocycles. The van der Waals surface area contributed by atoms with Crippen LogP contribution in [0.15, 0.2) is 60.2 Å². The molecule has 2 aromatic rings. The van der Waals surface area contributed by atoms with E-state index in [1.165, 1.54) is 11.1 Å². The normalized spacial score (nSPS) is 25.1. The molecule has 2 bridgehead atoms. The van der Waals surface area contributed by atoms with Crippen LogP contribution in [-0.4, -0.2) is 14.7 Å². The van der Waals surface area contributed by atoms with Crippen LogP contribution in [0.1, 0.15) is 30.4 Å². The van der Waals surface area contributed by atoms with Crippen molar-refractivity contribution in [2.75, 3.05) is 0 Å². The standard InChI is InChI=1S/C21H19NOS/c22-14-18-3-1-2-4-21(18)17-7-5-15(6-8-17)11-16-12-19-9-10-20(13-16)24(19)23/h1-8,12,19-20H,9-11,13H2. The third-order valence-electron chi connectivity index (χ3n) is 5.06. The number of hydrogen-bond donors (Lipinski definition) is 0. The Hall–Kier alpha value is -2.18. The largest absolute Gasteiger partial charge is 0.259 e. The number of hydrogen-bond acceptors (Lipinski definition) is 2. The Kier molecular flexibility index (Phi) is 4.08. The van der Waals surface area contributed by atoms with E-state index in [-0.39, 0.29) is 0 Å². The first-order chi connectivity index (χ1) is 11.7. The van der Waals surface area contributed by atoms with Crippen LogP contribution in [0.2, 0.25) is 0 Å². The monoisotopic (exact) mass is 333 g/mol. The van der Waals surface area contributed by atoms with Gasteiger partial charge in [0.15, 0.2) is 0 Å². The molecule has 0 saturated carbocycles. The van der Waals surface area contributed by atoms with E-state index in [9.17, 15) is 9.47 Å². The summed E-state index contributed by atoms with van der Waals surface area (Å²) in [5.74, 6) is 0. The SMILES string of the molecule is N#Cc1ccccc1-c1ccc(CC2=CC3CCC(C2)S3=O)cc1. The van der Waals surface area contributed by atoms with Crippen LogP contribution < -0.4 is 0 Å². The zero-order valence-corrected chi connectivity index (χ0v) is 14.3. The van der Waals surface area contributed by atoms with Gasteiger partial charge in [0.25, 0.3) is 0 Å². The lowest BCUT2D eigenvalue weighted by molar-refractivity contribution is 0.669. The number of benzene rings is 2. The van der Waals surface area contributed by atoms with Crippen molar-refractivity contribution in [2.45, 2.75) is 36.2 Å². The van der Waals surface area contributed by atoms with Gasteiger partial charge in [0, 0.05) is 16.0 Å². The summed E-state index contributed by atoms with van der Waals surface area (Å²) in [6.07, 6.45) is 6.40. The topological polar surface area (TPSA) is 40.9 Å². The minimum absolute atomic E-state index is 0.292. The number of nitrogens with zero attached hydrogens (tertiary/aromatic N) is 1. The molecule has 3 unspecified atom stereocenters. The lowest BCUT2D eigenvalue weighted by atomic mass is 9.96. The molecule has 0 radical (unpaired) electrons. The van der Waals surface area contributed by atoms with Crippen LogP contribution in [0, 0.1) is 11.3 Å². The Labute approximate surface area is 145 Å². The quantitative estimate of drug-likeness (QED) is 0.782. The third-order valence-corrected chi connectivity index (χ3v) is 7.08. The molecule has 0 aromatic heterocycles. The van der Waals surface area contributed by atoms with Crippen LogP contribution in [0.4, 0.5) is 0 Å². The molecule has 3 heteroatoms. The maximum absolute atomic E-state index is 12.1. The molecule has 2 aliphatic heterocycles. The van der Waals surface area contributed by atoms with Crippen molar-refractivity contribution >= 4 is 10.8 Å². The van der Waals surface area contributed by atoms with Gasteiger partial charge < -0.3 is 0 Å². The molecule has 0 N–H and O–H groups in total. The van der Waals surface area contributed by atoms with Gasteiger partial charge in [-0.2, -0.15) is 5.26 Å². The van der Waals surface area contributed by atoms with Gasteiger partial charge in [0.2, 0.25) is 0 Å². The fourth-order valence-electron chi connectivity index (χ4n) is 3.82. The zero-order chi connectivity index (χ0) is 16.5. The second kappa shape index (κ2) is 6.37. The molecular formula is C21H19NOS. The zero-order valence-electron chi connectivity index (χ0n) is 13.4. The van der Waals surface area contributed by atoms with Crippen molar-refractivity contribution in [2.24, 2.45) is 0 Å². The second-order valence-electron chi connectivity index (χ2n) is 6.63. The fourth-order valence-corrected chi connectivity index (χ4v) is 5.75. The Balaban J connectivity index is 1.54. The molecule has 120 valence electrons. The minimum Gasteiger partial charge on any atom is -0.259 e. The fraction of sp³-hybridized carbons (Fsp3) is 0.286. The molecule has 2 aromatic carbocycles. The highest BCUT2D eigenvalue weighted by molar-refractivity contribution is 7.86. The van der Waals surface area contributed by atoms with Crippen molar-refractivity contribution in [1.82, 2.24) is 0 Å². The molecular weight excluding hydrogens is 314 g/mol. The number of fused-ring (bicyclic) bond motifs is 2. The van der Waals surface area contributed by atoms with Crippen molar-refractivity contribution in [1.29, 1.82) is 5.26 Å². The summed E-state index contributed by atoms with van der Waals surface area (Å²) in [6.45, 7) is 0. The third kappa shape index (κ3) is 2.83. The van der Waals surface area contributed by atoms with Crippen LogP contribution >= 0.6 is 0 Å². The average Bonchev–Trinajstić information content (AvgIpc) is 2.84. The highest BCUT2D eigenvalue weighted by atomic mass is 32.2. The first kappa shape index (κ1) is 15.4. The maximum atomic E-state index is 12.1. The lowest BCUT2D eigenvalue weighted by Gasteiger charge is -2.19. The van der Waals surface area contributed by atoms with Crippen LogP contribution in [0.3, 0.4) is 0 Å². The summed E-state index contributed by atoms with van der Waals surface area (Å²) >= 11 is 0. The van der Waals surface area contributed by atoms with Crippen molar-refractivity contribution in [3.63, 3.8) is 0 Å². The Bertz CT molecular complexity index is 860. The van der Waals surface area contributed by atoms with E-state index in [1.807, 2.05) is 24.3 Å². The van der Waals surface area contributed by atoms with Gasteiger partial charge in [-0.15, -0.1) is 0 Å². The van der Waals surface area contributed by atoms with Crippen LogP contribution in [0.5, 0.6) is 0 Å². The predicted molar refractivity (Wildman–Crippen MR) is 97.9 cm³/mol.